The van der Waals surface area contributed by atoms with Gasteiger partial charge < -0.3 is 14.5 Å². The minimum absolute atomic E-state index is 0.00803. The van der Waals surface area contributed by atoms with E-state index in [0.717, 1.165) is 22.9 Å². The number of furan rings is 1. The van der Waals surface area contributed by atoms with Crippen molar-refractivity contribution in [3.63, 3.8) is 0 Å². The average Bonchev–Trinajstić information content (AvgIpc) is 3.50. The number of nitrogens with zero attached hydrogens (tertiary/aromatic N) is 1. The molecule has 6 nitrogen and oxygen atoms in total. The number of rotatable bonds is 4. The van der Waals surface area contributed by atoms with Gasteiger partial charge in [-0.05, 0) is 49.2 Å². The molecule has 0 saturated carbocycles. The molecule has 1 amide bonds. The molecule has 32 heavy (non-hydrogen) atoms. The molecule has 1 unspecified atom stereocenters. The number of aromatic nitrogens is 1. The first-order valence-corrected chi connectivity index (χ1v) is 10.5. The number of para-hydroxylation sites is 1. The lowest BCUT2D eigenvalue weighted by Crippen LogP contribution is -2.29. The largest absolute Gasteiger partial charge is 0.507 e. The molecule has 0 bridgehead atoms. The fraction of sp³-hybridized carbons (Fsp3) is 0.154. The van der Waals surface area contributed by atoms with Gasteiger partial charge in [-0.15, -0.1) is 0 Å². The topological polar surface area (TPSA) is 86.5 Å². The van der Waals surface area contributed by atoms with Crippen LogP contribution >= 0.6 is 0 Å². The zero-order valence-corrected chi connectivity index (χ0v) is 17.8. The van der Waals surface area contributed by atoms with E-state index in [-0.39, 0.29) is 11.3 Å². The summed E-state index contributed by atoms with van der Waals surface area (Å²) in [5.74, 6) is -0.602. The van der Waals surface area contributed by atoms with Crippen molar-refractivity contribution in [1.29, 1.82) is 0 Å². The molecule has 4 aromatic rings. The number of nitrogens with one attached hydrogen (secondary N) is 1. The first-order chi connectivity index (χ1) is 15.5. The van der Waals surface area contributed by atoms with E-state index >= 15 is 0 Å². The zero-order valence-electron chi connectivity index (χ0n) is 17.8. The number of aromatic amines is 1. The third-order valence-corrected chi connectivity index (χ3v) is 5.94. The van der Waals surface area contributed by atoms with Crippen LogP contribution in [0.15, 0.2) is 76.9 Å². The normalized spacial score (nSPS) is 18.1. The van der Waals surface area contributed by atoms with E-state index in [9.17, 15) is 14.7 Å². The highest BCUT2D eigenvalue weighted by Gasteiger charge is 2.48. The van der Waals surface area contributed by atoms with Crippen LogP contribution in [0, 0.1) is 6.92 Å². The molecule has 1 aliphatic heterocycles. The Hall–Kier alpha value is -4.06. The first kappa shape index (κ1) is 19.9. The summed E-state index contributed by atoms with van der Waals surface area (Å²) in [7, 11) is 0. The van der Waals surface area contributed by atoms with Crippen LogP contribution in [-0.4, -0.2) is 21.8 Å². The maximum absolute atomic E-state index is 13.2. The molecule has 160 valence electrons. The van der Waals surface area contributed by atoms with Crippen molar-refractivity contribution in [2.24, 2.45) is 0 Å². The van der Waals surface area contributed by atoms with E-state index in [2.05, 4.69) is 4.98 Å². The van der Waals surface area contributed by atoms with E-state index < -0.39 is 17.7 Å². The third kappa shape index (κ3) is 3.03. The molecule has 1 aliphatic rings. The van der Waals surface area contributed by atoms with Gasteiger partial charge in [0.2, 0.25) is 0 Å². The van der Waals surface area contributed by atoms with Crippen molar-refractivity contribution < 1.29 is 19.1 Å². The lowest BCUT2D eigenvalue weighted by atomic mass is 9.99. The number of Topliss-reactive ketones (excluding diaryl/α,β-unsaturated/α-hetero) is 1. The molecule has 1 fully saturated rings. The van der Waals surface area contributed by atoms with Crippen molar-refractivity contribution in [2.45, 2.75) is 26.3 Å². The van der Waals surface area contributed by atoms with E-state index in [1.807, 2.05) is 55.5 Å². The van der Waals surface area contributed by atoms with E-state index in [0.29, 0.717) is 22.8 Å². The number of fused-ring (bicyclic) bond motifs is 1. The number of carbonyl (C=O) groups excluding carboxylic acids is 2. The summed E-state index contributed by atoms with van der Waals surface area (Å²) in [6.45, 7) is 3.85. The monoisotopic (exact) mass is 426 g/mol. The van der Waals surface area contributed by atoms with Crippen molar-refractivity contribution in [3.8, 4) is 0 Å². The molecule has 3 heterocycles. The van der Waals surface area contributed by atoms with Gasteiger partial charge in [-0.1, -0.05) is 37.3 Å². The smallest absolute Gasteiger partial charge is 0.300 e. The molecule has 2 N–H and O–H groups in total. The summed E-state index contributed by atoms with van der Waals surface area (Å²) in [6.07, 6.45) is 2.51. The van der Waals surface area contributed by atoms with Crippen molar-refractivity contribution in [2.75, 3.05) is 4.90 Å². The summed E-state index contributed by atoms with van der Waals surface area (Å²) in [4.78, 5) is 30.9. The number of aryl methyl sites for hydroxylation is 2. The predicted molar refractivity (Wildman–Crippen MR) is 122 cm³/mol. The second-order valence-corrected chi connectivity index (χ2v) is 7.89. The maximum Gasteiger partial charge on any atom is 0.300 e. The Kier molecular flexibility index (Phi) is 4.70. The summed E-state index contributed by atoms with van der Waals surface area (Å²) >= 11 is 0. The van der Waals surface area contributed by atoms with Gasteiger partial charge in [0, 0.05) is 28.4 Å². The van der Waals surface area contributed by atoms with Gasteiger partial charge in [0.1, 0.15) is 23.3 Å². The molecule has 2 aromatic heterocycles. The Morgan fingerprint density at radius 1 is 1.06 bits per heavy atom. The molecule has 0 radical (unpaired) electrons. The van der Waals surface area contributed by atoms with Crippen LogP contribution in [0.5, 0.6) is 0 Å². The molecule has 2 aromatic carbocycles. The van der Waals surface area contributed by atoms with Crippen LogP contribution in [0.4, 0.5) is 5.69 Å². The maximum atomic E-state index is 13.2. The average molecular weight is 426 g/mol. The molecular formula is C26H22N2O4. The summed E-state index contributed by atoms with van der Waals surface area (Å²) in [5, 5.41) is 12.1. The van der Waals surface area contributed by atoms with Gasteiger partial charge in [-0.3, -0.25) is 14.5 Å². The van der Waals surface area contributed by atoms with Gasteiger partial charge in [0.25, 0.3) is 11.7 Å². The third-order valence-electron chi connectivity index (χ3n) is 5.94. The minimum Gasteiger partial charge on any atom is -0.507 e. The number of ketones is 1. The number of carbonyl (C=O) groups is 2. The number of amides is 1. The summed E-state index contributed by atoms with van der Waals surface area (Å²) in [6, 6.07) is 17.6. The number of anilines is 1. The van der Waals surface area contributed by atoms with Gasteiger partial charge in [-0.2, -0.15) is 0 Å². The molecule has 0 aliphatic carbocycles. The van der Waals surface area contributed by atoms with E-state index in [1.54, 1.807) is 25.3 Å². The standard InChI is InChI=1S/C26H22N2O4/c1-3-16-9-11-17(12-10-16)28-23(21-13-8-15(2)32-21)22(25(30)26(28)31)24(29)19-14-27-20-7-5-4-6-18(19)20/h4-14,23,27,29H,3H2,1-2H3/b24-22-. The Bertz CT molecular complexity index is 1370. The Morgan fingerprint density at radius 3 is 2.50 bits per heavy atom. The van der Waals surface area contributed by atoms with Crippen LogP contribution in [0.1, 0.15) is 35.6 Å². The lowest BCUT2D eigenvalue weighted by Gasteiger charge is -2.23. The zero-order chi connectivity index (χ0) is 22.4. The number of aliphatic hydroxyl groups excluding tert-OH is 1. The lowest BCUT2D eigenvalue weighted by molar-refractivity contribution is -0.132. The Labute approximate surface area is 184 Å². The SMILES string of the molecule is CCc1ccc(N2C(=O)C(=O)/C(=C(\O)c3c[nH]c4ccccc34)C2c2ccc(C)o2)cc1. The number of aliphatic hydroxyl groups is 1. The Morgan fingerprint density at radius 2 is 1.81 bits per heavy atom. The molecular weight excluding hydrogens is 404 g/mol. The molecule has 0 spiro atoms. The second kappa shape index (κ2) is 7.57. The Balaban J connectivity index is 1.72. The van der Waals surface area contributed by atoms with Gasteiger partial charge in [0.15, 0.2) is 0 Å². The summed E-state index contributed by atoms with van der Waals surface area (Å²) in [5.41, 5.74) is 2.99. The number of H-pyrrole nitrogens is 1. The molecule has 5 rings (SSSR count). The highest BCUT2D eigenvalue weighted by Crippen LogP contribution is 2.43. The molecule has 1 atom stereocenters. The van der Waals surface area contributed by atoms with Crippen molar-refractivity contribution >= 4 is 34.0 Å². The molecule has 1 saturated heterocycles. The highest BCUT2D eigenvalue weighted by molar-refractivity contribution is 6.51. The van der Waals surface area contributed by atoms with E-state index in [1.165, 1.54) is 4.90 Å². The van der Waals surface area contributed by atoms with Gasteiger partial charge in [0.05, 0.1) is 5.57 Å². The van der Waals surface area contributed by atoms with Crippen molar-refractivity contribution in [1.82, 2.24) is 4.98 Å². The second-order valence-electron chi connectivity index (χ2n) is 7.89. The quantitative estimate of drug-likeness (QED) is 0.265. The number of hydrogen-bond donors (Lipinski definition) is 2. The summed E-state index contributed by atoms with van der Waals surface area (Å²) < 4.78 is 5.85. The van der Waals surface area contributed by atoms with Crippen LogP contribution in [0.3, 0.4) is 0 Å². The van der Waals surface area contributed by atoms with Gasteiger partial charge in [-0.25, -0.2) is 0 Å². The van der Waals surface area contributed by atoms with E-state index in [4.69, 9.17) is 4.42 Å². The highest BCUT2D eigenvalue weighted by atomic mass is 16.3. The first-order valence-electron chi connectivity index (χ1n) is 10.5. The van der Waals surface area contributed by atoms with Crippen LogP contribution < -0.4 is 4.90 Å². The van der Waals surface area contributed by atoms with Crippen LogP contribution in [-0.2, 0) is 16.0 Å². The fourth-order valence-corrected chi connectivity index (χ4v) is 4.27. The van der Waals surface area contributed by atoms with Gasteiger partial charge >= 0.3 is 0 Å². The van der Waals surface area contributed by atoms with Crippen molar-refractivity contribution in [3.05, 3.63) is 95.1 Å². The molecule has 6 heteroatoms. The minimum atomic E-state index is -0.871. The predicted octanol–water partition coefficient (Wildman–Crippen LogP) is 5.26. The number of benzene rings is 2. The van der Waals surface area contributed by atoms with Crippen LogP contribution in [0.2, 0.25) is 0 Å². The number of hydrogen-bond acceptors (Lipinski definition) is 4. The van der Waals surface area contributed by atoms with Crippen LogP contribution in [0.25, 0.3) is 16.7 Å². The fourth-order valence-electron chi connectivity index (χ4n) is 4.27.